The van der Waals surface area contributed by atoms with E-state index in [1.165, 1.54) is 30.7 Å². The van der Waals surface area contributed by atoms with Crippen LogP contribution in [0.3, 0.4) is 0 Å². The summed E-state index contributed by atoms with van der Waals surface area (Å²) < 4.78 is 10.1. The number of carbonyl (C=O) groups excluding carboxylic acids is 4. The van der Waals surface area contributed by atoms with E-state index in [-0.39, 0.29) is 30.2 Å². The molecule has 2 amide bonds. The van der Waals surface area contributed by atoms with Crippen molar-refractivity contribution in [2.45, 2.75) is 32.9 Å². The van der Waals surface area contributed by atoms with E-state index in [4.69, 9.17) is 4.74 Å². The van der Waals surface area contributed by atoms with Crippen molar-refractivity contribution < 1.29 is 28.7 Å². The number of allylic oxidation sites excluding steroid dienone is 1. The van der Waals surface area contributed by atoms with Crippen LogP contribution in [0.1, 0.15) is 36.2 Å². The zero-order valence-electron chi connectivity index (χ0n) is 17.6. The van der Waals surface area contributed by atoms with Crippen molar-refractivity contribution in [2.24, 2.45) is 0 Å². The van der Waals surface area contributed by atoms with Gasteiger partial charge in [0.2, 0.25) is 5.91 Å². The van der Waals surface area contributed by atoms with Crippen LogP contribution >= 0.6 is 11.8 Å². The third-order valence-corrected chi connectivity index (χ3v) is 6.14. The predicted molar refractivity (Wildman–Crippen MR) is 115 cm³/mol. The Hall–Kier alpha value is -3.07. The summed E-state index contributed by atoms with van der Waals surface area (Å²) >= 11 is 1.45. The molecule has 0 saturated carbocycles. The molecule has 0 aromatic heterocycles. The molecule has 31 heavy (non-hydrogen) atoms. The number of nitrogens with zero attached hydrogens (tertiary/aromatic N) is 1. The Morgan fingerprint density at radius 1 is 1.23 bits per heavy atom. The van der Waals surface area contributed by atoms with Crippen LogP contribution in [0.2, 0.25) is 0 Å². The first-order valence-electron chi connectivity index (χ1n) is 9.81. The van der Waals surface area contributed by atoms with E-state index >= 15 is 0 Å². The van der Waals surface area contributed by atoms with Gasteiger partial charge in [-0.15, -0.1) is 11.8 Å². The van der Waals surface area contributed by atoms with Gasteiger partial charge in [0.05, 0.1) is 18.7 Å². The molecule has 2 heterocycles. The number of nitrogens with one attached hydrogen (secondary N) is 1. The van der Waals surface area contributed by atoms with Crippen LogP contribution in [0.25, 0.3) is 0 Å². The van der Waals surface area contributed by atoms with E-state index in [9.17, 15) is 19.2 Å². The molecule has 164 valence electrons. The normalized spacial score (nSPS) is 18.5. The lowest BCUT2D eigenvalue weighted by atomic mass is 9.94. The molecule has 1 aromatic carbocycles. The van der Waals surface area contributed by atoms with E-state index < -0.39 is 11.9 Å². The van der Waals surface area contributed by atoms with Gasteiger partial charge >= 0.3 is 11.9 Å². The summed E-state index contributed by atoms with van der Waals surface area (Å²) in [6.45, 7) is 3.73. The average Bonchev–Trinajstić information content (AvgIpc) is 3.09. The summed E-state index contributed by atoms with van der Waals surface area (Å²) in [6.07, 6.45) is 2.34. The predicted octanol–water partition coefficient (Wildman–Crippen LogP) is 2.16. The van der Waals surface area contributed by atoms with E-state index in [0.717, 1.165) is 4.91 Å². The third-order valence-electron chi connectivity index (χ3n) is 5.02. The van der Waals surface area contributed by atoms with Gasteiger partial charge in [0.15, 0.2) is 0 Å². The quantitative estimate of drug-likeness (QED) is 0.284. The summed E-state index contributed by atoms with van der Waals surface area (Å²) in [5.74, 6) is -0.721. The van der Waals surface area contributed by atoms with Crippen molar-refractivity contribution in [1.82, 2.24) is 10.2 Å². The minimum absolute atomic E-state index is 0.0107. The number of methoxy groups -OCH3 is 1. The van der Waals surface area contributed by atoms with Gasteiger partial charge in [-0.1, -0.05) is 18.2 Å². The Morgan fingerprint density at radius 2 is 1.94 bits per heavy atom. The molecule has 0 unspecified atom stereocenters. The van der Waals surface area contributed by atoms with Gasteiger partial charge in [-0.25, -0.2) is 9.59 Å². The lowest BCUT2D eigenvalue weighted by molar-refractivity contribution is -0.147. The smallest absolute Gasteiger partial charge is 0.356 e. The van der Waals surface area contributed by atoms with E-state index in [1.54, 1.807) is 30.3 Å². The highest BCUT2D eigenvalue weighted by atomic mass is 32.2. The Labute approximate surface area is 184 Å². The molecule has 0 radical (unpaired) electrons. The van der Waals surface area contributed by atoms with Crippen molar-refractivity contribution in [3.05, 3.63) is 57.6 Å². The summed E-state index contributed by atoms with van der Waals surface area (Å²) in [7, 11) is 1.31. The number of β-lactam (4-membered cyclic amide) rings is 1. The molecule has 2 aliphatic heterocycles. The van der Waals surface area contributed by atoms with Crippen molar-refractivity contribution in [2.75, 3.05) is 19.4 Å². The second-order valence-corrected chi connectivity index (χ2v) is 8.20. The maximum atomic E-state index is 12.9. The monoisotopic (exact) mass is 444 g/mol. The second-order valence-electron chi connectivity index (χ2n) is 7.01. The standard InChI is InChI=1S/C22H24N2O6S/c1-4-16-17-11-18(31-10-9-23-13(2)25)19(24(17)20(16)26)22(28)30-12-14-5-7-15(8-6-14)21(27)29-3/h4-8,17H,9-12H2,1-3H3,(H,23,25)/b16-4+/t17-/m1/s1. The summed E-state index contributed by atoms with van der Waals surface area (Å²) in [6, 6.07) is 6.42. The Balaban J connectivity index is 1.68. The van der Waals surface area contributed by atoms with Gasteiger partial charge in [0.25, 0.3) is 5.91 Å². The van der Waals surface area contributed by atoms with Gasteiger partial charge in [-0.05, 0) is 24.6 Å². The van der Waals surface area contributed by atoms with E-state index in [1.807, 2.05) is 6.92 Å². The number of hydrogen-bond acceptors (Lipinski definition) is 7. The molecule has 1 aromatic rings. The molecule has 3 rings (SSSR count). The Morgan fingerprint density at radius 3 is 2.55 bits per heavy atom. The summed E-state index contributed by atoms with van der Waals surface area (Å²) in [4.78, 5) is 50.2. The maximum absolute atomic E-state index is 12.9. The number of hydrogen-bond donors (Lipinski definition) is 1. The highest BCUT2D eigenvalue weighted by Crippen LogP contribution is 2.45. The fourth-order valence-electron chi connectivity index (χ4n) is 3.49. The minimum atomic E-state index is -0.565. The lowest BCUT2D eigenvalue weighted by Gasteiger charge is -2.38. The highest BCUT2D eigenvalue weighted by molar-refractivity contribution is 8.03. The fourth-order valence-corrected chi connectivity index (χ4v) is 4.53. The number of rotatable bonds is 8. The number of thioether (sulfide) groups is 1. The van der Waals surface area contributed by atoms with Crippen LogP contribution in [-0.4, -0.2) is 54.1 Å². The SMILES string of the molecule is C/C=C1/C(=O)N2C(C(=O)OCc3ccc(C(=O)OC)cc3)=C(SCCNC(C)=O)C[C@H]12. The van der Waals surface area contributed by atoms with Gasteiger partial charge in [0, 0.05) is 36.1 Å². The first-order valence-corrected chi connectivity index (χ1v) is 10.8. The van der Waals surface area contributed by atoms with Crippen LogP contribution in [0.15, 0.2) is 46.5 Å². The van der Waals surface area contributed by atoms with Crippen LogP contribution in [-0.2, 0) is 30.5 Å². The molecule has 1 saturated heterocycles. The number of esters is 2. The molecule has 9 heteroatoms. The Kier molecular flexibility index (Phi) is 7.17. The fraction of sp³-hybridized carbons (Fsp3) is 0.364. The molecule has 2 aliphatic rings. The third kappa shape index (κ3) is 4.82. The summed E-state index contributed by atoms with van der Waals surface area (Å²) in [5.41, 5.74) is 2.09. The van der Waals surface area contributed by atoms with Crippen LogP contribution in [0, 0.1) is 0 Å². The first kappa shape index (κ1) is 22.6. The molecule has 0 spiro atoms. The summed E-state index contributed by atoms with van der Waals surface area (Å²) in [5, 5.41) is 2.72. The zero-order valence-corrected chi connectivity index (χ0v) is 18.4. The maximum Gasteiger partial charge on any atom is 0.356 e. The number of amides is 2. The van der Waals surface area contributed by atoms with Crippen LogP contribution in [0.5, 0.6) is 0 Å². The van der Waals surface area contributed by atoms with Crippen LogP contribution in [0.4, 0.5) is 0 Å². The minimum Gasteiger partial charge on any atom is -0.465 e. The molecule has 0 bridgehead atoms. The van der Waals surface area contributed by atoms with Crippen molar-refractivity contribution in [3.63, 3.8) is 0 Å². The van der Waals surface area contributed by atoms with Crippen LogP contribution < -0.4 is 5.32 Å². The van der Waals surface area contributed by atoms with Gasteiger partial charge in [-0.2, -0.15) is 0 Å². The van der Waals surface area contributed by atoms with E-state index in [0.29, 0.717) is 35.4 Å². The average molecular weight is 445 g/mol. The molecular weight excluding hydrogens is 420 g/mol. The second kappa shape index (κ2) is 9.82. The van der Waals surface area contributed by atoms with Gasteiger partial charge in [-0.3, -0.25) is 14.5 Å². The van der Waals surface area contributed by atoms with Gasteiger partial charge < -0.3 is 14.8 Å². The molecule has 8 nitrogen and oxygen atoms in total. The molecule has 1 fully saturated rings. The van der Waals surface area contributed by atoms with Crippen molar-refractivity contribution in [1.29, 1.82) is 0 Å². The Bertz CT molecular complexity index is 967. The number of ether oxygens (including phenoxy) is 2. The number of carbonyl (C=O) groups is 4. The van der Waals surface area contributed by atoms with Crippen molar-refractivity contribution >= 4 is 35.5 Å². The molecule has 1 atom stereocenters. The zero-order chi connectivity index (χ0) is 22.5. The lowest BCUT2D eigenvalue weighted by Crippen LogP contribution is -2.52. The van der Waals surface area contributed by atoms with Gasteiger partial charge in [0.1, 0.15) is 12.3 Å². The number of benzene rings is 1. The van der Waals surface area contributed by atoms with E-state index in [2.05, 4.69) is 10.1 Å². The molecule has 1 N–H and O–H groups in total. The van der Waals surface area contributed by atoms with Crippen molar-refractivity contribution in [3.8, 4) is 0 Å². The largest absolute Gasteiger partial charge is 0.465 e. The first-order chi connectivity index (χ1) is 14.9. The topological polar surface area (TPSA) is 102 Å². The molecule has 0 aliphatic carbocycles. The number of fused-ring (bicyclic) bond motifs is 1. The highest BCUT2D eigenvalue weighted by Gasteiger charge is 2.51. The molecular formula is C22H24N2O6S.